The molecule has 4 rings (SSSR count). The fraction of sp³-hybridized carbons (Fsp3) is 0.190. The molecule has 1 unspecified atom stereocenters. The number of esters is 1. The maximum atomic E-state index is 13.3. The first-order chi connectivity index (χ1) is 14.0. The van der Waals surface area contributed by atoms with E-state index in [1.165, 1.54) is 22.7 Å². The van der Waals surface area contributed by atoms with Gasteiger partial charge in [-0.3, -0.25) is 9.36 Å². The second-order valence-electron chi connectivity index (χ2n) is 6.41. The van der Waals surface area contributed by atoms with Gasteiger partial charge in [0.1, 0.15) is 11.8 Å². The Labute approximate surface area is 174 Å². The Balaban J connectivity index is 1.93. The minimum atomic E-state index is -0.563. The smallest absolute Gasteiger partial charge is 0.338 e. The number of ether oxygens (including phenoxy) is 1. The summed E-state index contributed by atoms with van der Waals surface area (Å²) in [6.07, 6.45) is 1.76. The van der Waals surface area contributed by atoms with E-state index in [9.17, 15) is 14.7 Å². The summed E-state index contributed by atoms with van der Waals surface area (Å²) >= 11 is 2.76. The number of hydrogen-bond acceptors (Lipinski definition) is 7. The molecule has 0 spiro atoms. The molecule has 6 nitrogen and oxygen atoms in total. The maximum Gasteiger partial charge on any atom is 0.338 e. The zero-order chi connectivity index (χ0) is 20.5. The molecule has 1 atom stereocenters. The number of rotatable bonds is 4. The van der Waals surface area contributed by atoms with E-state index >= 15 is 0 Å². The number of fused-ring (bicyclic) bond motifs is 1. The average Bonchev–Trinajstić information content (AvgIpc) is 3.32. The number of aromatic nitrogens is 1. The number of aromatic hydroxyl groups is 1. The highest BCUT2D eigenvalue weighted by Crippen LogP contribution is 2.33. The van der Waals surface area contributed by atoms with Crippen molar-refractivity contribution in [1.82, 2.24) is 4.57 Å². The average molecular weight is 427 g/mol. The van der Waals surface area contributed by atoms with Gasteiger partial charge in [-0.25, -0.2) is 9.79 Å². The van der Waals surface area contributed by atoms with Gasteiger partial charge in [0.15, 0.2) is 4.80 Å². The minimum absolute atomic E-state index is 0.163. The van der Waals surface area contributed by atoms with Gasteiger partial charge in [-0.2, -0.15) is 0 Å². The summed E-state index contributed by atoms with van der Waals surface area (Å²) in [5.74, 6) is -0.295. The fourth-order valence-electron chi connectivity index (χ4n) is 3.23. The van der Waals surface area contributed by atoms with Crippen LogP contribution < -0.4 is 14.9 Å². The van der Waals surface area contributed by atoms with Gasteiger partial charge in [0, 0.05) is 4.88 Å². The number of hydrogen-bond donors (Lipinski definition) is 1. The Bertz CT molecular complexity index is 1270. The first-order valence-corrected chi connectivity index (χ1v) is 10.7. The van der Waals surface area contributed by atoms with Gasteiger partial charge in [0.05, 0.1) is 22.4 Å². The molecule has 0 fully saturated rings. The highest BCUT2D eigenvalue weighted by molar-refractivity contribution is 7.10. The Morgan fingerprint density at radius 1 is 1.31 bits per heavy atom. The lowest BCUT2D eigenvalue weighted by atomic mass is 10.0. The van der Waals surface area contributed by atoms with Crippen molar-refractivity contribution < 1.29 is 14.6 Å². The van der Waals surface area contributed by atoms with Crippen LogP contribution in [0.1, 0.15) is 30.3 Å². The Kier molecular flexibility index (Phi) is 5.21. The van der Waals surface area contributed by atoms with E-state index in [2.05, 4.69) is 4.99 Å². The van der Waals surface area contributed by atoms with Gasteiger partial charge in [-0.15, -0.1) is 11.3 Å². The predicted molar refractivity (Wildman–Crippen MR) is 113 cm³/mol. The second kappa shape index (κ2) is 7.81. The van der Waals surface area contributed by atoms with Gasteiger partial charge >= 0.3 is 5.97 Å². The summed E-state index contributed by atoms with van der Waals surface area (Å²) in [5.41, 5.74) is 1.52. The number of phenols is 1. The number of allylic oxidation sites excluding steroid dienone is 1. The van der Waals surface area contributed by atoms with Crippen molar-refractivity contribution in [3.05, 3.63) is 83.2 Å². The van der Waals surface area contributed by atoms with Crippen LogP contribution in [0.3, 0.4) is 0 Å². The zero-order valence-electron chi connectivity index (χ0n) is 15.8. The molecule has 0 bridgehead atoms. The number of nitrogens with zero attached hydrogens (tertiary/aromatic N) is 2. The number of phenolic OH excluding ortho intramolecular Hbond substituents is 1. The molecule has 0 amide bonds. The first-order valence-electron chi connectivity index (χ1n) is 9.01. The molecule has 2 aromatic heterocycles. The van der Waals surface area contributed by atoms with E-state index < -0.39 is 12.0 Å². The molecule has 0 saturated heterocycles. The van der Waals surface area contributed by atoms with Crippen molar-refractivity contribution in [1.29, 1.82) is 0 Å². The summed E-state index contributed by atoms with van der Waals surface area (Å²) < 4.78 is 7.33. The summed E-state index contributed by atoms with van der Waals surface area (Å²) in [6.45, 7) is 3.77. The molecule has 148 valence electrons. The van der Waals surface area contributed by atoms with E-state index in [4.69, 9.17) is 4.74 Å². The molecular weight excluding hydrogens is 408 g/mol. The third kappa shape index (κ3) is 3.56. The largest absolute Gasteiger partial charge is 0.508 e. The molecule has 0 saturated carbocycles. The second-order valence-corrected chi connectivity index (χ2v) is 8.40. The lowest BCUT2D eigenvalue weighted by Gasteiger charge is -2.23. The van der Waals surface area contributed by atoms with Crippen LogP contribution in [-0.2, 0) is 9.53 Å². The highest BCUT2D eigenvalue weighted by atomic mass is 32.1. The Morgan fingerprint density at radius 2 is 2.07 bits per heavy atom. The van der Waals surface area contributed by atoms with Crippen LogP contribution in [0.5, 0.6) is 5.75 Å². The maximum absolute atomic E-state index is 13.3. The molecule has 1 aliphatic heterocycles. The number of benzene rings is 1. The monoisotopic (exact) mass is 426 g/mol. The van der Waals surface area contributed by atoms with Crippen LogP contribution in [-0.4, -0.2) is 22.2 Å². The number of carbonyl (C=O) groups excluding carboxylic acids is 1. The van der Waals surface area contributed by atoms with Crippen LogP contribution in [0.15, 0.2) is 62.8 Å². The molecule has 8 heteroatoms. The van der Waals surface area contributed by atoms with Crippen molar-refractivity contribution in [2.45, 2.75) is 19.9 Å². The van der Waals surface area contributed by atoms with Crippen molar-refractivity contribution in [3.63, 3.8) is 0 Å². The van der Waals surface area contributed by atoms with E-state index in [-0.39, 0.29) is 17.9 Å². The number of thiazole rings is 1. The minimum Gasteiger partial charge on any atom is -0.508 e. The highest BCUT2D eigenvalue weighted by Gasteiger charge is 2.33. The predicted octanol–water partition coefficient (Wildman–Crippen LogP) is 2.57. The van der Waals surface area contributed by atoms with E-state index in [1.807, 2.05) is 17.5 Å². The standard InChI is InChI=1S/C21H18N2O4S2/c1-3-27-20(26)17-12(2)22-21-23(18(17)15-5-4-10-28-15)19(25)16(29-21)11-13-6-8-14(24)9-7-13/h4-11,18,24H,3H2,1-2H3/b16-11+. The third-order valence-electron chi connectivity index (χ3n) is 4.52. The molecule has 1 aromatic carbocycles. The molecule has 29 heavy (non-hydrogen) atoms. The van der Waals surface area contributed by atoms with Crippen molar-refractivity contribution >= 4 is 34.7 Å². The summed E-state index contributed by atoms with van der Waals surface area (Å²) in [5, 5.41) is 11.4. The normalized spacial score (nSPS) is 16.5. The Morgan fingerprint density at radius 3 is 2.72 bits per heavy atom. The van der Waals surface area contributed by atoms with Crippen molar-refractivity contribution in [2.75, 3.05) is 6.61 Å². The number of thiophene rings is 1. The molecule has 1 N–H and O–H groups in total. The molecule has 1 aliphatic rings. The van der Waals surface area contributed by atoms with Gasteiger partial charge in [0.25, 0.3) is 5.56 Å². The lowest BCUT2D eigenvalue weighted by Crippen LogP contribution is -2.39. The summed E-state index contributed by atoms with van der Waals surface area (Å²) in [4.78, 5) is 31.9. The van der Waals surface area contributed by atoms with E-state index in [1.54, 1.807) is 48.8 Å². The number of carbonyl (C=O) groups is 1. The Hall–Kier alpha value is -2.97. The van der Waals surface area contributed by atoms with Gasteiger partial charge in [-0.1, -0.05) is 29.5 Å². The zero-order valence-corrected chi connectivity index (χ0v) is 17.4. The van der Waals surface area contributed by atoms with Gasteiger partial charge < -0.3 is 9.84 Å². The van der Waals surface area contributed by atoms with Crippen LogP contribution in [0.2, 0.25) is 0 Å². The fourth-order valence-corrected chi connectivity index (χ4v) is 5.10. The SMILES string of the molecule is CCOC(=O)C1=C(C)N=c2s/c(=C/c3ccc(O)cc3)c(=O)n2C1c1cccs1. The molecule has 3 aromatic rings. The molecular formula is C21H18N2O4S2. The molecule has 3 heterocycles. The summed E-state index contributed by atoms with van der Waals surface area (Å²) in [6, 6.07) is 9.85. The van der Waals surface area contributed by atoms with E-state index in [0.717, 1.165) is 10.4 Å². The molecule has 0 radical (unpaired) electrons. The van der Waals surface area contributed by atoms with Crippen LogP contribution in [0.4, 0.5) is 0 Å². The van der Waals surface area contributed by atoms with Crippen LogP contribution in [0, 0.1) is 0 Å². The quantitative estimate of drug-likeness (QED) is 0.650. The van der Waals surface area contributed by atoms with Gasteiger partial charge in [-0.05, 0) is 49.1 Å². The first kappa shape index (κ1) is 19.4. The third-order valence-corrected chi connectivity index (χ3v) is 6.43. The van der Waals surface area contributed by atoms with Crippen molar-refractivity contribution in [3.8, 4) is 5.75 Å². The van der Waals surface area contributed by atoms with E-state index in [0.29, 0.717) is 20.6 Å². The lowest BCUT2D eigenvalue weighted by molar-refractivity contribution is -0.139. The van der Waals surface area contributed by atoms with Crippen LogP contribution in [0.25, 0.3) is 6.08 Å². The molecule has 0 aliphatic carbocycles. The summed E-state index contributed by atoms with van der Waals surface area (Å²) in [7, 11) is 0. The van der Waals surface area contributed by atoms with Crippen LogP contribution >= 0.6 is 22.7 Å². The topological polar surface area (TPSA) is 80.9 Å². The van der Waals surface area contributed by atoms with Gasteiger partial charge in [0.2, 0.25) is 0 Å². The van der Waals surface area contributed by atoms with Crippen molar-refractivity contribution in [2.24, 2.45) is 4.99 Å².